The van der Waals surface area contributed by atoms with Crippen LogP contribution in [-0.2, 0) is 0 Å². The molecule has 0 saturated carbocycles. The maximum Gasteiger partial charge on any atom is 0.414 e. The minimum Gasteiger partial charge on any atom is -0.383 e. The van der Waals surface area contributed by atoms with E-state index in [1.807, 2.05) is 0 Å². The first kappa shape index (κ1) is 9.49. The molecule has 0 aromatic heterocycles. The molecule has 0 saturated heterocycles. The molecule has 0 aliphatic rings. The summed E-state index contributed by atoms with van der Waals surface area (Å²) >= 11 is 0. The predicted molar refractivity (Wildman–Crippen MR) is 31.5 cm³/mol. The molecule has 0 aromatic rings. The summed E-state index contributed by atoms with van der Waals surface area (Å²) in [5, 5.41) is 8.34. The third-order valence-corrected chi connectivity index (χ3v) is 0.973. The molecule has 0 heterocycles. The van der Waals surface area contributed by atoms with Gasteiger partial charge in [-0.1, -0.05) is 12.2 Å². The maximum atomic E-state index is 11.5. The molecular weight excluding hydrogens is 145 g/mol. The van der Waals surface area contributed by atoms with Crippen LogP contribution in [0.2, 0.25) is 0 Å². The van der Waals surface area contributed by atoms with E-state index in [-0.39, 0.29) is 6.42 Å². The molecule has 0 fully saturated rings. The van der Waals surface area contributed by atoms with E-state index in [1.165, 1.54) is 12.2 Å². The minimum atomic E-state index is -4.49. The minimum absolute atomic E-state index is 0.361. The van der Waals surface area contributed by atoms with Gasteiger partial charge in [0.2, 0.25) is 0 Å². The number of rotatable bonds is 2. The molecule has 0 radical (unpaired) electrons. The summed E-state index contributed by atoms with van der Waals surface area (Å²) in [6.07, 6.45) is -4.32. The number of allylic oxidation sites excluding steroid dienone is 1. The zero-order valence-electron chi connectivity index (χ0n) is 5.52. The predicted octanol–water partition coefficient (Wildman–Crippen LogP) is 1.88. The summed E-state index contributed by atoms with van der Waals surface area (Å²) in [6, 6.07) is 0. The topological polar surface area (TPSA) is 20.2 Å². The van der Waals surface area contributed by atoms with E-state index in [4.69, 9.17) is 5.11 Å². The van der Waals surface area contributed by atoms with Crippen LogP contribution in [0.3, 0.4) is 0 Å². The number of aliphatic hydroxyl groups excluding tert-OH is 1. The number of aliphatic hydroxyl groups is 1. The summed E-state index contributed by atoms with van der Waals surface area (Å²) < 4.78 is 34.5. The van der Waals surface area contributed by atoms with Crippen LogP contribution in [0, 0.1) is 0 Å². The van der Waals surface area contributed by atoms with Crippen LogP contribution in [0.1, 0.15) is 13.3 Å². The lowest BCUT2D eigenvalue weighted by Gasteiger charge is -2.11. The van der Waals surface area contributed by atoms with Gasteiger partial charge in [-0.2, -0.15) is 13.2 Å². The Hall–Kier alpha value is -0.510. The molecule has 0 bridgehead atoms. The molecule has 0 rings (SSSR count). The second-order valence-electron chi connectivity index (χ2n) is 1.86. The van der Waals surface area contributed by atoms with E-state index < -0.39 is 12.3 Å². The molecule has 0 aliphatic heterocycles. The Bertz CT molecular complexity index is 117. The van der Waals surface area contributed by atoms with Gasteiger partial charge in [-0.25, -0.2) is 0 Å². The Labute approximate surface area is 57.2 Å². The summed E-state index contributed by atoms with van der Waals surface area (Å²) in [5.74, 6) is 0. The molecule has 1 unspecified atom stereocenters. The molecule has 4 heteroatoms. The van der Waals surface area contributed by atoms with Crippen LogP contribution < -0.4 is 0 Å². The van der Waals surface area contributed by atoms with Crippen molar-refractivity contribution >= 4 is 0 Å². The van der Waals surface area contributed by atoms with Crippen molar-refractivity contribution in [3.05, 3.63) is 12.2 Å². The average molecular weight is 154 g/mol. The van der Waals surface area contributed by atoms with Crippen molar-refractivity contribution in [2.75, 3.05) is 0 Å². The number of hydrogen-bond acceptors (Lipinski definition) is 1. The first-order chi connectivity index (χ1) is 4.48. The fraction of sp³-hybridized carbons (Fsp3) is 0.667. The Kier molecular flexibility index (Phi) is 3.42. The zero-order valence-corrected chi connectivity index (χ0v) is 5.52. The first-order valence-corrected chi connectivity index (χ1v) is 2.84. The Balaban J connectivity index is 3.73. The highest BCUT2D eigenvalue weighted by atomic mass is 19.4. The van der Waals surface area contributed by atoms with Gasteiger partial charge in [0.15, 0.2) is 6.10 Å². The highest BCUT2D eigenvalue weighted by molar-refractivity contribution is 4.82. The molecule has 0 spiro atoms. The van der Waals surface area contributed by atoms with E-state index >= 15 is 0 Å². The normalized spacial score (nSPS) is 16.1. The van der Waals surface area contributed by atoms with Crippen LogP contribution in [0.4, 0.5) is 13.2 Å². The molecule has 0 aromatic carbocycles. The second-order valence-corrected chi connectivity index (χ2v) is 1.86. The fourth-order valence-electron chi connectivity index (χ4n) is 0.399. The van der Waals surface area contributed by atoms with Gasteiger partial charge in [-0.3, -0.25) is 0 Å². The van der Waals surface area contributed by atoms with Gasteiger partial charge in [0, 0.05) is 6.42 Å². The van der Waals surface area contributed by atoms with Gasteiger partial charge in [0.1, 0.15) is 0 Å². The summed E-state index contributed by atoms with van der Waals surface area (Å²) in [4.78, 5) is 0. The number of halogens is 3. The lowest BCUT2D eigenvalue weighted by molar-refractivity contribution is -0.202. The van der Waals surface area contributed by atoms with E-state index in [2.05, 4.69) is 0 Å². The molecule has 10 heavy (non-hydrogen) atoms. The van der Waals surface area contributed by atoms with Gasteiger partial charge >= 0.3 is 6.18 Å². The van der Waals surface area contributed by atoms with Crippen LogP contribution in [0.15, 0.2) is 12.2 Å². The lowest BCUT2D eigenvalue weighted by Crippen LogP contribution is -2.27. The Morgan fingerprint density at radius 1 is 1.50 bits per heavy atom. The SMILES string of the molecule is C/C=C/CC(O)C(F)(F)F. The van der Waals surface area contributed by atoms with Gasteiger partial charge in [-0.05, 0) is 6.92 Å². The Morgan fingerprint density at radius 2 is 2.00 bits per heavy atom. The van der Waals surface area contributed by atoms with Gasteiger partial charge in [0.25, 0.3) is 0 Å². The monoisotopic (exact) mass is 154 g/mol. The third-order valence-electron chi connectivity index (χ3n) is 0.973. The van der Waals surface area contributed by atoms with Crippen molar-refractivity contribution in [3.8, 4) is 0 Å². The van der Waals surface area contributed by atoms with E-state index in [0.29, 0.717) is 0 Å². The number of alkyl halides is 3. The summed E-state index contributed by atoms with van der Waals surface area (Å²) in [5.41, 5.74) is 0. The zero-order chi connectivity index (χ0) is 8.20. The molecule has 1 atom stereocenters. The smallest absolute Gasteiger partial charge is 0.383 e. The van der Waals surface area contributed by atoms with E-state index in [9.17, 15) is 13.2 Å². The van der Waals surface area contributed by atoms with Crippen LogP contribution in [-0.4, -0.2) is 17.4 Å². The van der Waals surface area contributed by atoms with Gasteiger partial charge in [0.05, 0.1) is 0 Å². The van der Waals surface area contributed by atoms with Crippen LogP contribution in [0.25, 0.3) is 0 Å². The third kappa shape index (κ3) is 3.50. The highest BCUT2D eigenvalue weighted by Crippen LogP contribution is 2.22. The summed E-state index contributed by atoms with van der Waals surface area (Å²) in [7, 11) is 0. The molecular formula is C6H9F3O. The van der Waals surface area contributed by atoms with E-state index in [1.54, 1.807) is 6.92 Å². The summed E-state index contributed by atoms with van der Waals surface area (Å²) in [6.45, 7) is 1.60. The van der Waals surface area contributed by atoms with Gasteiger partial charge in [-0.15, -0.1) is 0 Å². The standard InChI is InChI=1S/C6H9F3O/c1-2-3-4-5(10)6(7,8)9/h2-3,5,10H,4H2,1H3/b3-2+. The molecule has 60 valence electrons. The largest absolute Gasteiger partial charge is 0.414 e. The van der Waals surface area contributed by atoms with Crippen LogP contribution >= 0.6 is 0 Å². The maximum absolute atomic E-state index is 11.5. The van der Waals surface area contributed by atoms with E-state index in [0.717, 1.165) is 0 Å². The van der Waals surface area contributed by atoms with Crippen molar-refractivity contribution in [3.63, 3.8) is 0 Å². The van der Waals surface area contributed by atoms with Crippen molar-refractivity contribution in [1.82, 2.24) is 0 Å². The van der Waals surface area contributed by atoms with Crippen molar-refractivity contribution in [2.45, 2.75) is 25.6 Å². The molecule has 0 aliphatic carbocycles. The Morgan fingerprint density at radius 3 is 2.30 bits per heavy atom. The van der Waals surface area contributed by atoms with Crippen molar-refractivity contribution in [2.24, 2.45) is 0 Å². The quantitative estimate of drug-likeness (QED) is 0.602. The van der Waals surface area contributed by atoms with Crippen LogP contribution in [0.5, 0.6) is 0 Å². The molecule has 1 N–H and O–H groups in total. The highest BCUT2D eigenvalue weighted by Gasteiger charge is 2.36. The lowest BCUT2D eigenvalue weighted by atomic mass is 10.2. The molecule has 0 amide bonds. The fourth-order valence-corrected chi connectivity index (χ4v) is 0.399. The van der Waals surface area contributed by atoms with Crippen molar-refractivity contribution in [1.29, 1.82) is 0 Å². The molecule has 1 nitrogen and oxygen atoms in total. The number of hydrogen-bond donors (Lipinski definition) is 1. The average Bonchev–Trinajstić information content (AvgIpc) is 1.80. The second kappa shape index (κ2) is 3.61. The first-order valence-electron chi connectivity index (χ1n) is 2.84. The van der Waals surface area contributed by atoms with Gasteiger partial charge < -0.3 is 5.11 Å². The van der Waals surface area contributed by atoms with Crippen molar-refractivity contribution < 1.29 is 18.3 Å².